The Hall–Kier alpha value is -8.24. The Bertz CT molecular complexity index is 3920. The monoisotopic (exact) mass is 844 g/mol. The number of hydrogen-bond acceptors (Lipinski definition) is 2. The van der Waals surface area contributed by atoms with Crippen molar-refractivity contribution in [2.45, 2.75) is 0 Å². The first-order chi connectivity index (χ1) is 32.2. The van der Waals surface area contributed by atoms with E-state index in [1.54, 1.807) is 0 Å². The Balaban J connectivity index is 0.932. The van der Waals surface area contributed by atoms with Crippen molar-refractivity contribution in [3.8, 4) is 39.1 Å². The number of nitrogens with zero attached hydrogens (tertiary/aromatic N) is 2. The van der Waals surface area contributed by atoms with Gasteiger partial charge in [0, 0.05) is 53.7 Å². The van der Waals surface area contributed by atoms with Crippen LogP contribution in [0.5, 0.6) is 0 Å². The molecule has 65 heavy (non-hydrogen) atoms. The number of anilines is 3. The molecule has 0 bridgehead atoms. The molecular formula is C62H40N2S. The first-order valence-electron chi connectivity index (χ1n) is 22.2. The van der Waals surface area contributed by atoms with E-state index in [0.717, 1.165) is 17.1 Å². The second-order valence-corrected chi connectivity index (χ2v) is 17.9. The van der Waals surface area contributed by atoms with Gasteiger partial charge in [-0.15, -0.1) is 11.3 Å². The van der Waals surface area contributed by atoms with E-state index in [9.17, 15) is 0 Å². The van der Waals surface area contributed by atoms with Crippen LogP contribution in [-0.4, -0.2) is 4.57 Å². The van der Waals surface area contributed by atoms with Gasteiger partial charge in [0.25, 0.3) is 0 Å². The number of benzene rings is 11. The third kappa shape index (κ3) is 6.24. The molecule has 0 fully saturated rings. The summed E-state index contributed by atoms with van der Waals surface area (Å²) in [6.45, 7) is 0. The third-order valence-corrected chi connectivity index (χ3v) is 14.4. The summed E-state index contributed by atoms with van der Waals surface area (Å²) in [5, 5.41) is 10.1. The minimum Gasteiger partial charge on any atom is -0.310 e. The van der Waals surface area contributed by atoms with Crippen LogP contribution < -0.4 is 4.90 Å². The summed E-state index contributed by atoms with van der Waals surface area (Å²) in [5.41, 5.74) is 14.2. The summed E-state index contributed by atoms with van der Waals surface area (Å²) in [5.74, 6) is 0. The number of hydrogen-bond donors (Lipinski definition) is 0. The molecule has 0 N–H and O–H groups in total. The van der Waals surface area contributed by atoms with Crippen LogP contribution >= 0.6 is 11.3 Å². The lowest BCUT2D eigenvalue weighted by molar-refractivity contribution is 1.18. The van der Waals surface area contributed by atoms with E-state index in [1.807, 2.05) is 11.3 Å². The number of fused-ring (bicyclic) bond motifs is 9. The van der Waals surface area contributed by atoms with E-state index in [-0.39, 0.29) is 0 Å². The standard InChI is InChI=1S/C62H40N2S/c1-3-13-42(14-4-1)53-37-36-52(61-55-20-10-12-22-60(55)65-62(53)61)44-27-33-49(34-28-44)63(50-35-29-45-24-23-43-15-7-8-18-51(43)56(45)40-50)48-31-25-41(26-32-48)46-30-38-59-57(39-46)54-19-9-11-21-58(54)64(59)47-16-5-2-6-17-47/h1-40H. The molecule has 11 aromatic carbocycles. The number of thiophene rings is 1. The molecule has 0 radical (unpaired) electrons. The van der Waals surface area contributed by atoms with Gasteiger partial charge in [0.05, 0.1) is 11.0 Å². The first-order valence-corrected chi connectivity index (χ1v) is 23.1. The summed E-state index contributed by atoms with van der Waals surface area (Å²) in [6, 6.07) is 88.9. The van der Waals surface area contributed by atoms with Gasteiger partial charge < -0.3 is 9.47 Å². The number of aromatic nitrogens is 1. The molecule has 304 valence electrons. The lowest BCUT2D eigenvalue weighted by Crippen LogP contribution is -2.09. The topological polar surface area (TPSA) is 8.17 Å². The normalized spacial score (nSPS) is 11.7. The predicted molar refractivity (Wildman–Crippen MR) is 280 cm³/mol. The van der Waals surface area contributed by atoms with Gasteiger partial charge in [0.1, 0.15) is 0 Å². The molecule has 2 heterocycles. The fourth-order valence-corrected chi connectivity index (χ4v) is 11.4. The molecule has 0 atom stereocenters. The Labute approximate surface area is 381 Å². The summed E-state index contributed by atoms with van der Waals surface area (Å²) >= 11 is 1.89. The molecule has 0 saturated carbocycles. The van der Waals surface area contributed by atoms with Crippen molar-refractivity contribution in [2.75, 3.05) is 4.90 Å². The second kappa shape index (κ2) is 15.2. The largest absolute Gasteiger partial charge is 0.310 e. The summed E-state index contributed by atoms with van der Waals surface area (Å²) in [6.07, 6.45) is 0. The Morgan fingerprint density at radius 3 is 1.66 bits per heavy atom. The zero-order valence-corrected chi connectivity index (χ0v) is 36.2. The minimum atomic E-state index is 1.10. The van der Waals surface area contributed by atoms with Gasteiger partial charge >= 0.3 is 0 Å². The Kier molecular flexibility index (Phi) is 8.75. The zero-order chi connectivity index (χ0) is 42.8. The van der Waals surface area contributed by atoms with E-state index in [2.05, 4.69) is 252 Å². The van der Waals surface area contributed by atoms with Crippen LogP contribution in [0.2, 0.25) is 0 Å². The maximum atomic E-state index is 2.40. The third-order valence-electron chi connectivity index (χ3n) is 13.2. The molecule has 0 unspecified atom stereocenters. The summed E-state index contributed by atoms with van der Waals surface area (Å²) < 4.78 is 5.00. The van der Waals surface area contributed by atoms with Crippen molar-refractivity contribution in [3.05, 3.63) is 243 Å². The summed E-state index contributed by atoms with van der Waals surface area (Å²) in [4.78, 5) is 2.40. The summed E-state index contributed by atoms with van der Waals surface area (Å²) in [7, 11) is 0. The van der Waals surface area contributed by atoms with Gasteiger partial charge in [-0.05, 0) is 128 Å². The van der Waals surface area contributed by atoms with Crippen LogP contribution in [0.25, 0.3) is 103 Å². The van der Waals surface area contributed by atoms with Gasteiger partial charge in [-0.2, -0.15) is 0 Å². The van der Waals surface area contributed by atoms with Gasteiger partial charge in [-0.1, -0.05) is 170 Å². The Morgan fingerprint density at radius 2 is 0.877 bits per heavy atom. The van der Waals surface area contributed by atoms with Crippen molar-refractivity contribution < 1.29 is 0 Å². The highest BCUT2D eigenvalue weighted by molar-refractivity contribution is 7.26. The van der Waals surface area contributed by atoms with E-state index in [1.165, 1.54) is 103 Å². The molecule has 13 rings (SSSR count). The maximum Gasteiger partial charge on any atom is 0.0541 e. The van der Waals surface area contributed by atoms with E-state index >= 15 is 0 Å². The van der Waals surface area contributed by atoms with Crippen LogP contribution in [0.4, 0.5) is 17.1 Å². The highest BCUT2D eigenvalue weighted by Crippen LogP contribution is 2.46. The fourth-order valence-electron chi connectivity index (χ4n) is 10.1. The van der Waals surface area contributed by atoms with E-state index in [0.29, 0.717) is 0 Å². The molecule has 13 aromatic rings. The van der Waals surface area contributed by atoms with Crippen LogP contribution in [0.15, 0.2) is 243 Å². The van der Waals surface area contributed by atoms with Crippen LogP contribution in [0.3, 0.4) is 0 Å². The molecule has 0 spiro atoms. The quantitative estimate of drug-likeness (QED) is 0.145. The maximum absolute atomic E-state index is 2.40. The molecular weight excluding hydrogens is 805 g/mol. The number of para-hydroxylation sites is 2. The van der Waals surface area contributed by atoms with Crippen molar-refractivity contribution >= 4 is 91.9 Å². The zero-order valence-electron chi connectivity index (χ0n) is 35.4. The van der Waals surface area contributed by atoms with E-state index in [4.69, 9.17) is 0 Å². The molecule has 2 aromatic heterocycles. The SMILES string of the molecule is c1ccc(-c2ccc(-c3ccc(N(c4ccc(-c5ccc6c(c5)c5ccccc5n6-c5ccccc5)cc4)c4ccc5ccc6ccccc6c5c4)cc3)c3c2sc2ccccc23)cc1. The Morgan fingerprint density at radius 1 is 0.323 bits per heavy atom. The average Bonchev–Trinajstić information content (AvgIpc) is 3.93. The highest BCUT2D eigenvalue weighted by atomic mass is 32.1. The van der Waals surface area contributed by atoms with Gasteiger partial charge in [-0.3, -0.25) is 0 Å². The van der Waals surface area contributed by atoms with Crippen LogP contribution in [-0.2, 0) is 0 Å². The number of rotatable bonds is 7. The molecule has 0 aliphatic rings. The molecule has 2 nitrogen and oxygen atoms in total. The lowest BCUT2D eigenvalue weighted by atomic mass is 9.94. The predicted octanol–water partition coefficient (Wildman–Crippen LogP) is 17.9. The molecule has 3 heteroatoms. The molecule has 0 saturated heterocycles. The minimum absolute atomic E-state index is 1.10. The molecule has 0 amide bonds. The highest BCUT2D eigenvalue weighted by Gasteiger charge is 2.19. The molecule has 0 aliphatic heterocycles. The average molecular weight is 845 g/mol. The van der Waals surface area contributed by atoms with Gasteiger partial charge in [0.15, 0.2) is 0 Å². The van der Waals surface area contributed by atoms with E-state index < -0.39 is 0 Å². The van der Waals surface area contributed by atoms with Crippen molar-refractivity contribution in [3.63, 3.8) is 0 Å². The van der Waals surface area contributed by atoms with Crippen molar-refractivity contribution in [2.24, 2.45) is 0 Å². The smallest absolute Gasteiger partial charge is 0.0541 e. The first kappa shape index (κ1) is 37.3. The van der Waals surface area contributed by atoms with Gasteiger partial charge in [0.2, 0.25) is 0 Å². The van der Waals surface area contributed by atoms with Gasteiger partial charge in [-0.25, -0.2) is 0 Å². The van der Waals surface area contributed by atoms with Crippen molar-refractivity contribution in [1.29, 1.82) is 0 Å². The fraction of sp³-hybridized carbons (Fsp3) is 0. The van der Waals surface area contributed by atoms with Crippen LogP contribution in [0.1, 0.15) is 0 Å². The van der Waals surface area contributed by atoms with Crippen LogP contribution in [0, 0.1) is 0 Å². The van der Waals surface area contributed by atoms with Crippen molar-refractivity contribution in [1.82, 2.24) is 4.57 Å². The second-order valence-electron chi connectivity index (χ2n) is 16.9. The lowest BCUT2D eigenvalue weighted by Gasteiger charge is -2.26. The molecule has 0 aliphatic carbocycles.